The highest BCUT2D eigenvalue weighted by molar-refractivity contribution is 5.90. The molecule has 4 rings (SSSR count). The second kappa shape index (κ2) is 7.73. The highest BCUT2D eigenvalue weighted by Gasteiger charge is 2.51. The van der Waals surface area contributed by atoms with Crippen LogP contribution in [0.4, 0.5) is 0 Å². The van der Waals surface area contributed by atoms with E-state index >= 15 is 0 Å². The van der Waals surface area contributed by atoms with E-state index in [0.29, 0.717) is 11.1 Å². The fourth-order valence-corrected chi connectivity index (χ4v) is 3.42. The van der Waals surface area contributed by atoms with Gasteiger partial charge in [0.05, 0.1) is 24.3 Å². The molecule has 2 heterocycles. The molecule has 6 nitrogen and oxygen atoms in total. The predicted octanol–water partition coefficient (Wildman–Crippen LogP) is 2.85. The normalized spacial score (nSPS) is 25.9. The molecule has 0 radical (unpaired) electrons. The molecular weight excluding hydrogens is 360 g/mol. The van der Waals surface area contributed by atoms with Gasteiger partial charge < -0.3 is 18.9 Å². The van der Waals surface area contributed by atoms with Crippen molar-refractivity contribution in [2.75, 3.05) is 13.2 Å². The van der Waals surface area contributed by atoms with Gasteiger partial charge in [0.2, 0.25) is 0 Å². The van der Waals surface area contributed by atoms with Gasteiger partial charge in [-0.2, -0.15) is 0 Å². The Balaban J connectivity index is 1.36. The molecule has 4 atom stereocenters. The first-order chi connectivity index (χ1) is 13.5. The van der Waals surface area contributed by atoms with Crippen molar-refractivity contribution in [3.63, 3.8) is 0 Å². The lowest BCUT2D eigenvalue weighted by atomic mass is 10.1. The molecule has 0 bridgehead atoms. The van der Waals surface area contributed by atoms with E-state index in [1.165, 1.54) is 0 Å². The molecule has 2 saturated heterocycles. The van der Waals surface area contributed by atoms with E-state index in [0.717, 1.165) is 11.1 Å². The summed E-state index contributed by atoms with van der Waals surface area (Å²) in [6, 6.07) is 14.3. The standard InChI is InChI=1S/C22H22O6/c1-13-3-7-15(8-4-13)21(23)27-17-11-25-20-18(12-26-19(17)20)28-22(24)16-9-5-14(2)6-10-16/h3-10,17-20H,11-12H2,1-2H3/t17-,18-,19?,20?/m0/s1. The average molecular weight is 382 g/mol. The van der Waals surface area contributed by atoms with Gasteiger partial charge in [-0.15, -0.1) is 0 Å². The molecule has 2 unspecified atom stereocenters. The highest BCUT2D eigenvalue weighted by atomic mass is 16.7. The Morgan fingerprint density at radius 3 is 1.43 bits per heavy atom. The van der Waals surface area contributed by atoms with Crippen LogP contribution in [-0.4, -0.2) is 49.6 Å². The molecule has 0 aliphatic carbocycles. The number of carbonyl (C=O) groups excluding carboxylic acids is 2. The first-order valence-corrected chi connectivity index (χ1v) is 9.30. The summed E-state index contributed by atoms with van der Waals surface area (Å²) in [7, 11) is 0. The highest BCUT2D eigenvalue weighted by Crippen LogP contribution is 2.31. The van der Waals surface area contributed by atoms with E-state index in [4.69, 9.17) is 18.9 Å². The van der Waals surface area contributed by atoms with Gasteiger partial charge in [-0.1, -0.05) is 35.4 Å². The third-order valence-corrected chi connectivity index (χ3v) is 5.05. The maximum Gasteiger partial charge on any atom is 0.338 e. The molecule has 2 aliphatic rings. The van der Waals surface area contributed by atoms with Gasteiger partial charge >= 0.3 is 11.9 Å². The first-order valence-electron chi connectivity index (χ1n) is 9.30. The van der Waals surface area contributed by atoms with Crippen LogP contribution in [0.3, 0.4) is 0 Å². The minimum atomic E-state index is -0.526. The van der Waals surface area contributed by atoms with Crippen LogP contribution in [0, 0.1) is 13.8 Å². The van der Waals surface area contributed by atoms with Gasteiger partial charge in [-0.25, -0.2) is 9.59 Å². The maximum atomic E-state index is 12.4. The second-order valence-corrected chi connectivity index (χ2v) is 7.22. The van der Waals surface area contributed by atoms with Gasteiger partial charge in [0.25, 0.3) is 0 Å². The predicted molar refractivity (Wildman–Crippen MR) is 100 cm³/mol. The minimum absolute atomic E-state index is 0.214. The van der Waals surface area contributed by atoms with E-state index < -0.39 is 36.4 Å². The molecule has 0 aromatic heterocycles. The third kappa shape index (κ3) is 3.79. The van der Waals surface area contributed by atoms with Gasteiger partial charge in [0, 0.05) is 0 Å². The van der Waals surface area contributed by atoms with Gasteiger partial charge in [-0.05, 0) is 38.1 Å². The summed E-state index contributed by atoms with van der Waals surface area (Å²) < 4.78 is 22.6. The number of rotatable bonds is 4. The Bertz CT molecular complexity index is 784. The van der Waals surface area contributed by atoms with E-state index in [1.54, 1.807) is 24.3 Å². The van der Waals surface area contributed by atoms with E-state index in [-0.39, 0.29) is 13.2 Å². The van der Waals surface area contributed by atoms with Crippen molar-refractivity contribution in [3.8, 4) is 0 Å². The van der Waals surface area contributed by atoms with Crippen molar-refractivity contribution in [1.82, 2.24) is 0 Å². The fraction of sp³-hybridized carbons (Fsp3) is 0.364. The molecule has 146 valence electrons. The molecule has 2 aromatic carbocycles. The van der Waals surface area contributed by atoms with Crippen molar-refractivity contribution < 1.29 is 28.5 Å². The number of hydrogen-bond acceptors (Lipinski definition) is 6. The molecule has 28 heavy (non-hydrogen) atoms. The van der Waals surface area contributed by atoms with Crippen molar-refractivity contribution in [3.05, 3.63) is 70.8 Å². The summed E-state index contributed by atoms with van der Waals surface area (Å²) in [4.78, 5) is 24.7. The molecular formula is C22H22O6. The second-order valence-electron chi connectivity index (χ2n) is 7.22. The van der Waals surface area contributed by atoms with Crippen LogP contribution in [0.15, 0.2) is 48.5 Å². The minimum Gasteiger partial charge on any atom is -0.453 e. The van der Waals surface area contributed by atoms with Crippen LogP contribution in [0.25, 0.3) is 0 Å². The Morgan fingerprint density at radius 1 is 0.714 bits per heavy atom. The zero-order valence-electron chi connectivity index (χ0n) is 15.8. The van der Waals surface area contributed by atoms with Crippen LogP contribution in [0.2, 0.25) is 0 Å². The largest absolute Gasteiger partial charge is 0.453 e. The molecule has 0 N–H and O–H groups in total. The number of benzene rings is 2. The maximum absolute atomic E-state index is 12.4. The number of hydrogen-bond donors (Lipinski definition) is 0. The molecule has 2 aromatic rings. The zero-order valence-corrected chi connectivity index (χ0v) is 15.8. The van der Waals surface area contributed by atoms with Crippen molar-refractivity contribution in [1.29, 1.82) is 0 Å². The number of carbonyl (C=O) groups is 2. The van der Waals surface area contributed by atoms with Crippen LogP contribution in [0.1, 0.15) is 31.8 Å². The third-order valence-electron chi connectivity index (χ3n) is 5.05. The molecule has 0 saturated carbocycles. The zero-order chi connectivity index (χ0) is 19.7. The number of aryl methyl sites for hydroxylation is 2. The summed E-state index contributed by atoms with van der Waals surface area (Å²) in [5, 5.41) is 0. The summed E-state index contributed by atoms with van der Waals surface area (Å²) in [6.07, 6.45) is -1.93. The lowest BCUT2D eigenvalue weighted by Crippen LogP contribution is -2.36. The average Bonchev–Trinajstić information content (AvgIpc) is 3.26. The van der Waals surface area contributed by atoms with Crippen molar-refractivity contribution in [2.24, 2.45) is 0 Å². The Kier molecular flexibility index (Phi) is 5.15. The Hall–Kier alpha value is -2.70. The number of ether oxygens (including phenoxy) is 4. The van der Waals surface area contributed by atoms with Gasteiger partial charge in [0.15, 0.2) is 12.2 Å². The monoisotopic (exact) mass is 382 g/mol. The molecule has 0 spiro atoms. The van der Waals surface area contributed by atoms with Crippen LogP contribution in [0.5, 0.6) is 0 Å². The molecule has 2 fully saturated rings. The summed E-state index contributed by atoms with van der Waals surface area (Å²) in [5.74, 6) is -0.837. The Labute approximate surface area is 163 Å². The summed E-state index contributed by atoms with van der Waals surface area (Å²) in [6.45, 7) is 4.33. The fourth-order valence-electron chi connectivity index (χ4n) is 3.42. The van der Waals surface area contributed by atoms with Crippen molar-refractivity contribution in [2.45, 2.75) is 38.3 Å². The smallest absolute Gasteiger partial charge is 0.338 e. The SMILES string of the molecule is Cc1ccc(C(=O)O[C@H]2COC3C2OC[C@@H]3OC(=O)c2ccc(C)cc2)cc1. The lowest BCUT2D eigenvalue weighted by Gasteiger charge is -2.17. The van der Waals surface area contributed by atoms with Crippen LogP contribution < -0.4 is 0 Å². The van der Waals surface area contributed by atoms with E-state index in [1.807, 2.05) is 38.1 Å². The van der Waals surface area contributed by atoms with Crippen LogP contribution in [-0.2, 0) is 18.9 Å². The molecule has 6 heteroatoms. The van der Waals surface area contributed by atoms with Crippen LogP contribution >= 0.6 is 0 Å². The topological polar surface area (TPSA) is 71.1 Å². The van der Waals surface area contributed by atoms with Gasteiger partial charge in [0.1, 0.15) is 12.2 Å². The van der Waals surface area contributed by atoms with E-state index in [9.17, 15) is 9.59 Å². The molecule has 0 amide bonds. The lowest BCUT2D eigenvalue weighted by molar-refractivity contribution is -0.0287. The summed E-state index contributed by atoms with van der Waals surface area (Å²) in [5.41, 5.74) is 3.10. The summed E-state index contributed by atoms with van der Waals surface area (Å²) >= 11 is 0. The number of esters is 2. The Morgan fingerprint density at radius 2 is 1.07 bits per heavy atom. The molecule has 2 aliphatic heterocycles. The van der Waals surface area contributed by atoms with Crippen molar-refractivity contribution >= 4 is 11.9 Å². The quantitative estimate of drug-likeness (QED) is 0.758. The van der Waals surface area contributed by atoms with Gasteiger partial charge in [-0.3, -0.25) is 0 Å². The van der Waals surface area contributed by atoms with E-state index in [2.05, 4.69) is 0 Å². The number of fused-ring (bicyclic) bond motifs is 1. The first kappa shape index (κ1) is 18.7.